The van der Waals surface area contributed by atoms with Crippen LogP contribution >= 0.6 is 0 Å². The third-order valence-corrected chi connectivity index (χ3v) is 8.83. The average Bonchev–Trinajstić information content (AvgIpc) is 3.03. The Labute approximate surface area is 185 Å². The molecule has 2 saturated carbocycles. The van der Waals surface area contributed by atoms with Crippen molar-refractivity contribution in [2.45, 2.75) is 97.6 Å². The molecule has 4 aliphatic rings. The van der Waals surface area contributed by atoms with Crippen LogP contribution in [0.2, 0.25) is 0 Å². The van der Waals surface area contributed by atoms with Crippen molar-refractivity contribution in [3.8, 4) is 0 Å². The number of unbranched alkanes of at least 4 members (excludes halogenated alkanes) is 1. The predicted molar refractivity (Wildman–Crippen MR) is 115 cm³/mol. The number of aliphatic hydroxyl groups excluding tert-OH is 1. The fourth-order valence-corrected chi connectivity index (χ4v) is 7.11. The van der Waals surface area contributed by atoms with E-state index in [1.165, 1.54) is 12.5 Å². The van der Waals surface area contributed by atoms with Crippen molar-refractivity contribution in [3.63, 3.8) is 0 Å². The first kappa shape index (κ1) is 22.8. The van der Waals surface area contributed by atoms with Crippen LogP contribution in [0.5, 0.6) is 0 Å². The number of hydrogen-bond acceptors (Lipinski definition) is 6. The zero-order chi connectivity index (χ0) is 22.4. The van der Waals surface area contributed by atoms with Crippen molar-refractivity contribution in [1.29, 1.82) is 0 Å². The van der Waals surface area contributed by atoms with Crippen LogP contribution in [0.15, 0.2) is 11.6 Å². The van der Waals surface area contributed by atoms with Crippen molar-refractivity contribution in [3.05, 3.63) is 11.6 Å². The van der Waals surface area contributed by atoms with Gasteiger partial charge in [0.2, 0.25) is 6.29 Å². The average molecular weight is 435 g/mol. The van der Waals surface area contributed by atoms with Gasteiger partial charge in [0, 0.05) is 30.6 Å². The standard InChI is InChI=1S/C25H38O6/c1-5-6-7-21(28)31-22-13-16-12-19(27)23-17-8-9-20(30-15(2)26)24(17,3)11-10-18(23)25(16,4)14-29-22/h12,17-20,22-23,27H,5-11,13-14H2,1-4H3/t17?,18?,19?,20?,22-,23?,24+,25+/m1/s1. The van der Waals surface area contributed by atoms with E-state index in [-0.39, 0.29) is 34.8 Å². The summed E-state index contributed by atoms with van der Waals surface area (Å²) in [4.78, 5) is 23.7. The molecule has 0 spiro atoms. The van der Waals surface area contributed by atoms with E-state index in [1.54, 1.807) is 0 Å². The molecule has 0 aromatic rings. The lowest BCUT2D eigenvalue weighted by Gasteiger charge is -2.58. The van der Waals surface area contributed by atoms with Gasteiger partial charge in [-0.05, 0) is 49.9 Å². The summed E-state index contributed by atoms with van der Waals surface area (Å²) in [6, 6.07) is 0. The summed E-state index contributed by atoms with van der Waals surface area (Å²) in [6.45, 7) is 8.53. The third kappa shape index (κ3) is 3.95. The number of hydrogen-bond donors (Lipinski definition) is 1. The lowest BCUT2D eigenvalue weighted by molar-refractivity contribution is -0.205. The second-order valence-corrected chi connectivity index (χ2v) is 10.6. The second-order valence-electron chi connectivity index (χ2n) is 10.6. The highest BCUT2D eigenvalue weighted by Crippen LogP contribution is 2.64. The van der Waals surface area contributed by atoms with Crippen LogP contribution in [0, 0.1) is 28.6 Å². The zero-order valence-corrected chi connectivity index (χ0v) is 19.4. The Kier molecular flexibility index (Phi) is 6.25. The molecule has 0 aromatic heterocycles. The van der Waals surface area contributed by atoms with Crippen molar-refractivity contribution in [2.24, 2.45) is 28.6 Å². The maximum Gasteiger partial charge on any atom is 0.308 e. The lowest BCUT2D eigenvalue weighted by atomic mass is 9.49. The summed E-state index contributed by atoms with van der Waals surface area (Å²) >= 11 is 0. The van der Waals surface area contributed by atoms with E-state index < -0.39 is 12.4 Å². The Bertz CT molecular complexity index is 746. The van der Waals surface area contributed by atoms with E-state index in [0.717, 1.165) is 38.5 Å². The molecule has 0 amide bonds. The van der Waals surface area contributed by atoms with Gasteiger partial charge in [0.1, 0.15) is 6.10 Å². The summed E-state index contributed by atoms with van der Waals surface area (Å²) in [5.74, 6) is 0.354. The van der Waals surface area contributed by atoms with Gasteiger partial charge in [0.05, 0.1) is 12.7 Å². The molecule has 3 aliphatic carbocycles. The van der Waals surface area contributed by atoms with Gasteiger partial charge >= 0.3 is 11.9 Å². The SMILES string of the molecule is CCCCC(=O)O[C@@H]1CC2=CC(O)C3C4CCC(OC(C)=O)[C@@]4(C)CCC3[C@@]2(C)CO1. The highest BCUT2D eigenvalue weighted by atomic mass is 16.7. The highest BCUT2D eigenvalue weighted by Gasteiger charge is 2.62. The molecule has 6 nitrogen and oxygen atoms in total. The highest BCUT2D eigenvalue weighted by molar-refractivity contribution is 5.69. The van der Waals surface area contributed by atoms with Crippen LogP contribution in [0.3, 0.4) is 0 Å². The number of aliphatic hydroxyl groups is 1. The number of ether oxygens (including phenoxy) is 3. The number of rotatable bonds is 5. The van der Waals surface area contributed by atoms with Crippen LogP contribution < -0.4 is 0 Å². The molecule has 0 radical (unpaired) electrons. The summed E-state index contributed by atoms with van der Waals surface area (Å²) in [7, 11) is 0. The summed E-state index contributed by atoms with van der Waals surface area (Å²) in [6.07, 6.45) is 7.42. The molecular formula is C25H38O6. The monoisotopic (exact) mass is 434 g/mol. The van der Waals surface area contributed by atoms with Crippen molar-refractivity contribution < 1.29 is 28.9 Å². The van der Waals surface area contributed by atoms with Gasteiger partial charge in [0.15, 0.2) is 0 Å². The minimum atomic E-state index is -0.555. The van der Waals surface area contributed by atoms with Gasteiger partial charge in [0.25, 0.3) is 0 Å². The third-order valence-electron chi connectivity index (χ3n) is 8.83. The molecule has 31 heavy (non-hydrogen) atoms. The van der Waals surface area contributed by atoms with E-state index >= 15 is 0 Å². The van der Waals surface area contributed by atoms with E-state index in [0.29, 0.717) is 31.3 Å². The van der Waals surface area contributed by atoms with Gasteiger partial charge in [-0.15, -0.1) is 0 Å². The molecule has 8 atom stereocenters. The molecule has 1 heterocycles. The Morgan fingerprint density at radius 3 is 2.68 bits per heavy atom. The first-order valence-corrected chi connectivity index (χ1v) is 12.1. The van der Waals surface area contributed by atoms with Crippen LogP contribution in [0.1, 0.15) is 79.1 Å². The maximum atomic E-state index is 12.1. The predicted octanol–water partition coefficient (Wildman–Crippen LogP) is 4.15. The second kappa shape index (κ2) is 8.51. The molecule has 3 fully saturated rings. The fourth-order valence-electron chi connectivity index (χ4n) is 7.11. The molecule has 174 valence electrons. The Morgan fingerprint density at radius 1 is 1.19 bits per heavy atom. The molecule has 4 rings (SSSR count). The van der Waals surface area contributed by atoms with Gasteiger partial charge in [-0.3, -0.25) is 9.59 Å². The first-order valence-electron chi connectivity index (χ1n) is 12.1. The molecular weight excluding hydrogens is 396 g/mol. The van der Waals surface area contributed by atoms with Gasteiger partial charge < -0.3 is 19.3 Å². The fraction of sp³-hybridized carbons (Fsp3) is 0.840. The smallest absolute Gasteiger partial charge is 0.308 e. The molecule has 6 heteroatoms. The maximum absolute atomic E-state index is 12.1. The molecule has 1 saturated heterocycles. The quantitative estimate of drug-likeness (QED) is 0.517. The minimum absolute atomic E-state index is 0.0594. The first-order chi connectivity index (χ1) is 14.7. The van der Waals surface area contributed by atoms with Crippen LogP contribution in [0.25, 0.3) is 0 Å². The van der Waals surface area contributed by atoms with Crippen LogP contribution in [-0.4, -0.2) is 42.1 Å². The van der Waals surface area contributed by atoms with Gasteiger partial charge in [-0.1, -0.05) is 38.8 Å². The largest absolute Gasteiger partial charge is 0.462 e. The Balaban J connectivity index is 1.52. The Hall–Kier alpha value is -1.40. The van der Waals surface area contributed by atoms with E-state index in [1.807, 2.05) is 6.08 Å². The Morgan fingerprint density at radius 2 is 1.97 bits per heavy atom. The van der Waals surface area contributed by atoms with Crippen molar-refractivity contribution >= 4 is 11.9 Å². The molecule has 1 N–H and O–H groups in total. The summed E-state index contributed by atoms with van der Waals surface area (Å²) < 4.78 is 17.3. The minimum Gasteiger partial charge on any atom is -0.462 e. The number of esters is 2. The zero-order valence-electron chi connectivity index (χ0n) is 19.4. The number of fused-ring (bicyclic) bond motifs is 5. The molecule has 0 aromatic carbocycles. The van der Waals surface area contributed by atoms with E-state index in [9.17, 15) is 14.7 Å². The van der Waals surface area contributed by atoms with E-state index in [2.05, 4.69) is 20.8 Å². The molecule has 1 aliphatic heterocycles. The van der Waals surface area contributed by atoms with Gasteiger partial charge in [-0.2, -0.15) is 0 Å². The van der Waals surface area contributed by atoms with Crippen LogP contribution in [0.4, 0.5) is 0 Å². The van der Waals surface area contributed by atoms with E-state index in [4.69, 9.17) is 14.2 Å². The van der Waals surface area contributed by atoms with Crippen molar-refractivity contribution in [2.75, 3.05) is 6.61 Å². The van der Waals surface area contributed by atoms with Crippen LogP contribution in [-0.2, 0) is 23.8 Å². The van der Waals surface area contributed by atoms with Gasteiger partial charge in [-0.25, -0.2) is 0 Å². The normalized spacial score (nSPS) is 43.8. The summed E-state index contributed by atoms with van der Waals surface area (Å²) in [5.41, 5.74) is 0.929. The molecule has 0 bridgehead atoms. The lowest BCUT2D eigenvalue weighted by Crippen LogP contribution is -2.57. The topological polar surface area (TPSA) is 82.1 Å². The summed E-state index contributed by atoms with van der Waals surface area (Å²) in [5, 5.41) is 11.2. The number of carbonyl (C=O) groups excluding carboxylic acids is 2. The molecule has 5 unspecified atom stereocenters. The number of carbonyl (C=O) groups is 2. The van der Waals surface area contributed by atoms with Crippen molar-refractivity contribution in [1.82, 2.24) is 0 Å².